The quantitative estimate of drug-likeness (QED) is 0.767. The smallest absolute Gasteiger partial charge is 0.253 e. The fraction of sp³-hybridized carbons (Fsp3) is 0.300. The van der Waals surface area contributed by atoms with E-state index in [2.05, 4.69) is 4.90 Å². The van der Waals surface area contributed by atoms with E-state index < -0.39 is 15.6 Å². The highest BCUT2D eigenvalue weighted by Crippen LogP contribution is 2.18. The summed E-state index contributed by atoms with van der Waals surface area (Å²) < 4.78 is 36.5. The van der Waals surface area contributed by atoms with Crippen molar-refractivity contribution in [2.75, 3.05) is 36.8 Å². The first-order chi connectivity index (χ1) is 13.4. The maximum Gasteiger partial charge on any atom is 0.253 e. The van der Waals surface area contributed by atoms with Gasteiger partial charge in [-0.3, -0.25) is 4.79 Å². The molecule has 1 aliphatic rings. The Morgan fingerprint density at radius 3 is 2.18 bits per heavy atom. The highest BCUT2D eigenvalue weighted by Gasteiger charge is 2.22. The molecule has 2 aromatic carbocycles. The second kappa shape index (κ2) is 8.40. The van der Waals surface area contributed by atoms with E-state index in [1.807, 2.05) is 0 Å². The van der Waals surface area contributed by atoms with Gasteiger partial charge < -0.3 is 9.80 Å². The van der Waals surface area contributed by atoms with Gasteiger partial charge in [0.25, 0.3) is 5.91 Å². The molecule has 0 N–H and O–H groups in total. The number of piperazine rings is 1. The molecular weight excluding hydrogens is 381 g/mol. The summed E-state index contributed by atoms with van der Waals surface area (Å²) in [5.41, 5.74) is 1.97. The molecule has 0 spiro atoms. The monoisotopic (exact) mass is 401 g/mol. The summed E-state index contributed by atoms with van der Waals surface area (Å²) in [6.07, 6.45) is 0. The van der Waals surface area contributed by atoms with Gasteiger partial charge in [0, 0.05) is 37.4 Å². The molecule has 1 fully saturated rings. The standard InChI is InChI=1S/C20H20FN3O3S/c21-18-5-7-19(8-6-18)23-10-12-24(13-11-23)20(25)17-3-1-16(2-4-17)15-28(26,27)14-9-22/h1-8H,10-15H2. The lowest BCUT2D eigenvalue weighted by Gasteiger charge is -2.36. The molecular formula is C20H20FN3O3S. The average molecular weight is 401 g/mol. The van der Waals surface area contributed by atoms with E-state index in [0.717, 1.165) is 5.69 Å². The van der Waals surface area contributed by atoms with E-state index >= 15 is 0 Å². The maximum absolute atomic E-state index is 13.0. The van der Waals surface area contributed by atoms with Crippen LogP contribution in [-0.2, 0) is 15.6 Å². The Bertz CT molecular complexity index is 975. The molecule has 1 amide bonds. The molecule has 3 rings (SSSR count). The van der Waals surface area contributed by atoms with Gasteiger partial charge in [-0.15, -0.1) is 0 Å². The summed E-state index contributed by atoms with van der Waals surface area (Å²) in [4.78, 5) is 16.5. The molecule has 1 saturated heterocycles. The van der Waals surface area contributed by atoms with Gasteiger partial charge in [-0.2, -0.15) is 5.26 Å². The summed E-state index contributed by atoms with van der Waals surface area (Å²) in [6, 6.07) is 14.4. The van der Waals surface area contributed by atoms with Crippen molar-refractivity contribution in [2.24, 2.45) is 0 Å². The molecule has 8 heteroatoms. The molecule has 0 unspecified atom stereocenters. The number of rotatable bonds is 5. The van der Waals surface area contributed by atoms with Crippen molar-refractivity contribution >= 4 is 21.4 Å². The van der Waals surface area contributed by atoms with Crippen LogP contribution in [0.15, 0.2) is 48.5 Å². The van der Waals surface area contributed by atoms with Crippen molar-refractivity contribution in [1.82, 2.24) is 4.90 Å². The van der Waals surface area contributed by atoms with Crippen LogP contribution in [0.2, 0.25) is 0 Å². The number of hydrogen-bond donors (Lipinski definition) is 0. The minimum atomic E-state index is -3.46. The lowest BCUT2D eigenvalue weighted by molar-refractivity contribution is 0.0747. The second-order valence-corrected chi connectivity index (χ2v) is 8.71. The first-order valence-electron chi connectivity index (χ1n) is 8.84. The molecule has 28 heavy (non-hydrogen) atoms. The van der Waals surface area contributed by atoms with Crippen molar-refractivity contribution < 1.29 is 17.6 Å². The summed E-state index contributed by atoms with van der Waals surface area (Å²) in [5.74, 6) is -1.12. The van der Waals surface area contributed by atoms with Gasteiger partial charge in [-0.1, -0.05) is 12.1 Å². The molecule has 0 saturated carbocycles. The van der Waals surface area contributed by atoms with Crippen molar-refractivity contribution in [1.29, 1.82) is 5.26 Å². The van der Waals surface area contributed by atoms with Crippen molar-refractivity contribution in [2.45, 2.75) is 5.75 Å². The second-order valence-electron chi connectivity index (χ2n) is 6.64. The van der Waals surface area contributed by atoms with Gasteiger partial charge in [0.2, 0.25) is 0 Å². The van der Waals surface area contributed by atoms with Gasteiger partial charge in [-0.25, -0.2) is 12.8 Å². The number of amides is 1. The van der Waals surface area contributed by atoms with Crippen LogP contribution in [0.5, 0.6) is 0 Å². The zero-order valence-corrected chi connectivity index (χ0v) is 16.0. The Hall–Kier alpha value is -2.92. The minimum absolute atomic E-state index is 0.106. The van der Waals surface area contributed by atoms with Crippen LogP contribution in [-0.4, -0.2) is 51.2 Å². The number of benzene rings is 2. The normalized spacial score (nSPS) is 14.6. The van der Waals surface area contributed by atoms with Crippen LogP contribution < -0.4 is 4.90 Å². The first-order valence-corrected chi connectivity index (χ1v) is 10.7. The fourth-order valence-corrected chi connectivity index (χ4v) is 4.15. The number of carbonyl (C=O) groups excluding carboxylic acids is 1. The third kappa shape index (κ3) is 4.87. The van der Waals surface area contributed by atoms with E-state index in [4.69, 9.17) is 5.26 Å². The number of carbonyl (C=O) groups is 1. The fourth-order valence-electron chi connectivity index (χ4n) is 3.15. The Kier molecular flexibility index (Phi) is 5.95. The largest absolute Gasteiger partial charge is 0.368 e. The van der Waals surface area contributed by atoms with E-state index in [9.17, 15) is 17.6 Å². The number of sulfone groups is 1. The highest BCUT2D eigenvalue weighted by molar-refractivity contribution is 7.90. The van der Waals surface area contributed by atoms with Crippen LogP contribution in [0, 0.1) is 17.1 Å². The van der Waals surface area contributed by atoms with Crippen molar-refractivity contribution in [3.05, 3.63) is 65.5 Å². The summed E-state index contributed by atoms with van der Waals surface area (Å²) >= 11 is 0. The maximum atomic E-state index is 13.0. The van der Waals surface area contributed by atoms with Crippen LogP contribution in [0.25, 0.3) is 0 Å². The average Bonchev–Trinajstić information content (AvgIpc) is 2.68. The number of anilines is 1. The topological polar surface area (TPSA) is 81.5 Å². The van der Waals surface area contributed by atoms with Gasteiger partial charge in [0.15, 0.2) is 9.84 Å². The molecule has 0 aliphatic carbocycles. The van der Waals surface area contributed by atoms with E-state index in [1.165, 1.54) is 12.1 Å². The van der Waals surface area contributed by atoms with Gasteiger partial charge in [0.05, 0.1) is 11.8 Å². The lowest BCUT2D eigenvalue weighted by atomic mass is 10.1. The Balaban J connectivity index is 1.59. The van der Waals surface area contributed by atoms with Crippen molar-refractivity contribution in [3.63, 3.8) is 0 Å². The highest BCUT2D eigenvalue weighted by atomic mass is 32.2. The van der Waals surface area contributed by atoms with Crippen LogP contribution in [0.1, 0.15) is 15.9 Å². The van der Waals surface area contributed by atoms with E-state index in [1.54, 1.807) is 47.4 Å². The van der Waals surface area contributed by atoms with E-state index in [0.29, 0.717) is 37.3 Å². The summed E-state index contributed by atoms with van der Waals surface area (Å²) in [5, 5.41) is 8.55. The predicted octanol–water partition coefficient (Wildman–Crippen LogP) is 2.23. The van der Waals surface area contributed by atoms with Crippen molar-refractivity contribution in [3.8, 4) is 6.07 Å². The molecule has 0 atom stereocenters. The SMILES string of the molecule is N#CCS(=O)(=O)Cc1ccc(C(=O)N2CCN(c3ccc(F)cc3)CC2)cc1. The number of nitrogens with zero attached hydrogens (tertiary/aromatic N) is 3. The summed E-state index contributed by atoms with van der Waals surface area (Å²) in [6.45, 7) is 2.41. The molecule has 6 nitrogen and oxygen atoms in total. The van der Waals surface area contributed by atoms with Crippen LogP contribution >= 0.6 is 0 Å². The predicted molar refractivity (Wildman–Crippen MR) is 104 cm³/mol. The molecule has 1 heterocycles. The number of hydrogen-bond acceptors (Lipinski definition) is 5. The number of halogens is 1. The number of nitriles is 1. The Morgan fingerprint density at radius 1 is 1.00 bits per heavy atom. The third-order valence-electron chi connectivity index (χ3n) is 4.63. The first kappa shape index (κ1) is 19.8. The molecule has 146 valence electrons. The van der Waals surface area contributed by atoms with E-state index in [-0.39, 0.29) is 17.5 Å². The molecule has 2 aromatic rings. The van der Waals surface area contributed by atoms with Gasteiger partial charge in [-0.05, 0) is 42.0 Å². The zero-order chi connectivity index (χ0) is 20.1. The Morgan fingerprint density at radius 2 is 1.61 bits per heavy atom. The third-order valence-corrected chi connectivity index (χ3v) is 5.97. The van der Waals surface area contributed by atoms with Gasteiger partial charge >= 0.3 is 0 Å². The Labute approximate surface area is 163 Å². The van der Waals surface area contributed by atoms with Gasteiger partial charge in [0.1, 0.15) is 11.6 Å². The molecule has 0 radical (unpaired) electrons. The molecule has 0 aromatic heterocycles. The zero-order valence-electron chi connectivity index (χ0n) is 15.2. The van der Waals surface area contributed by atoms with Crippen LogP contribution in [0.3, 0.4) is 0 Å². The summed E-state index contributed by atoms with van der Waals surface area (Å²) in [7, 11) is -3.46. The minimum Gasteiger partial charge on any atom is -0.368 e. The van der Waals surface area contributed by atoms with Crippen LogP contribution in [0.4, 0.5) is 10.1 Å². The molecule has 1 aliphatic heterocycles. The lowest BCUT2D eigenvalue weighted by Crippen LogP contribution is -2.48. The molecule has 0 bridgehead atoms.